The first-order valence-corrected chi connectivity index (χ1v) is 9.09. The molecule has 1 fully saturated rings. The predicted molar refractivity (Wildman–Crippen MR) is 104 cm³/mol. The van der Waals surface area contributed by atoms with Gasteiger partial charge in [0.1, 0.15) is 11.6 Å². The fourth-order valence-electron chi connectivity index (χ4n) is 3.18. The highest BCUT2D eigenvalue weighted by Crippen LogP contribution is 2.29. The molecule has 1 aromatic carbocycles. The van der Waals surface area contributed by atoms with Crippen molar-refractivity contribution in [2.24, 2.45) is 0 Å². The second kappa shape index (κ2) is 6.98. The van der Waals surface area contributed by atoms with Crippen LogP contribution < -0.4 is 15.8 Å². The van der Waals surface area contributed by atoms with Crippen molar-refractivity contribution in [3.05, 3.63) is 50.5 Å². The molecule has 1 saturated heterocycles. The molecule has 5 nitrogen and oxygen atoms in total. The fourth-order valence-corrected chi connectivity index (χ4v) is 3.56. The molecule has 2 aromatic rings. The van der Waals surface area contributed by atoms with E-state index in [0.29, 0.717) is 21.6 Å². The fraction of sp³-hybridized carbons (Fsp3) is 0.444. The van der Waals surface area contributed by atoms with E-state index >= 15 is 0 Å². The molecule has 0 spiro atoms. The van der Waals surface area contributed by atoms with E-state index in [9.17, 15) is 4.79 Å². The Bertz CT molecular complexity index is 841. The topological polar surface area (TPSA) is 50.2 Å². The first-order chi connectivity index (χ1) is 11.8. The Morgan fingerprint density at radius 2 is 1.92 bits per heavy atom. The summed E-state index contributed by atoms with van der Waals surface area (Å²) in [6.45, 7) is 5.77. The molecule has 0 bridgehead atoms. The number of benzene rings is 1. The minimum atomic E-state index is -0.159. The van der Waals surface area contributed by atoms with Crippen LogP contribution in [0.25, 0.3) is 5.69 Å². The van der Waals surface area contributed by atoms with E-state index in [1.807, 2.05) is 14.0 Å². The van der Waals surface area contributed by atoms with Crippen molar-refractivity contribution in [1.29, 1.82) is 0 Å². The molecule has 0 saturated carbocycles. The number of aromatic nitrogens is 2. The highest BCUT2D eigenvalue weighted by Gasteiger charge is 2.29. The summed E-state index contributed by atoms with van der Waals surface area (Å²) in [5, 5.41) is 4.14. The zero-order chi connectivity index (χ0) is 18.2. The first-order valence-electron chi connectivity index (χ1n) is 8.33. The third kappa shape index (κ3) is 3.54. The van der Waals surface area contributed by atoms with Gasteiger partial charge in [-0.1, -0.05) is 29.3 Å². The zero-order valence-electron chi connectivity index (χ0n) is 14.6. The molecular weight excluding hydrogens is 359 g/mol. The highest BCUT2D eigenvalue weighted by atomic mass is 35.5. The predicted octanol–water partition coefficient (Wildman–Crippen LogP) is 3.43. The van der Waals surface area contributed by atoms with Crippen LogP contribution in [0.15, 0.2) is 29.1 Å². The Morgan fingerprint density at radius 3 is 2.52 bits per heavy atom. The number of halogens is 2. The summed E-state index contributed by atoms with van der Waals surface area (Å²) in [5.74, 6) is 1.31. The SMILES string of the molecule is CNC1(C)CCN(c2cc(=O)n(-c3cccc(Cl)c3Cl)c(C)n2)CC1. The van der Waals surface area contributed by atoms with Gasteiger partial charge in [0, 0.05) is 24.7 Å². The van der Waals surface area contributed by atoms with Crippen molar-refractivity contribution in [2.45, 2.75) is 32.2 Å². The normalized spacial score (nSPS) is 16.9. The van der Waals surface area contributed by atoms with E-state index < -0.39 is 0 Å². The smallest absolute Gasteiger partial charge is 0.260 e. The van der Waals surface area contributed by atoms with Crippen LogP contribution in [0.1, 0.15) is 25.6 Å². The van der Waals surface area contributed by atoms with Crippen molar-refractivity contribution in [1.82, 2.24) is 14.9 Å². The van der Waals surface area contributed by atoms with Crippen LogP contribution in [-0.4, -0.2) is 35.2 Å². The standard InChI is InChI=1S/C18H22Cl2N4O/c1-12-22-15(23-9-7-18(2,21-3)8-10-23)11-16(25)24(12)14-6-4-5-13(19)17(14)20/h4-6,11,21H,7-10H2,1-3H3. The molecule has 134 valence electrons. The lowest BCUT2D eigenvalue weighted by Crippen LogP contribution is -2.50. The molecule has 7 heteroatoms. The lowest BCUT2D eigenvalue weighted by molar-refractivity contribution is 0.304. The van der Waals surface area contributed by atoms with Crippen LogP contribution in [-0.2, 0) is 0 Å². The molecule has 1 aliphatic rings. The summed E-state index contributed by atoms with van der Waals surface area (Å²) in [6, 6.07) is 6.81. The Hall–Kier alpha value is -1.56. The van der Waals surface area contributed by atoms with Gasteiger partial charge in [-0.3, -0.25) is 9.36 Å². The summed E-state index contributed by atoms with van der Waals surface area (Å²) in [7, 11) is 1.99. The van der Waals surface area contributed by atoms with Crippen LogP contribution in [0.5, 0.6) is 0 Å². The second-order valence-corrected chi connectivity index (χ2v) is 7.49. The van der Waals surface area contributed by atoms with Crippen molar-refractivity contribution in [3.63, 3.8) is 0 Å². The summed E-state index contributed by atoms with van der Waals surface area (Å²) in [4.78, 5) is 19.5. The summed E-state index contributed by atoms with van der Waals surface area (Å²) in [6.07, 6.45) is 2.01. The number of anilines is 1. The Balaban J connectivity index is 1.94. The lowest BCUT2D eigenvalue weighted by Gasteiger charge is -2.39. The summed E-state index contributed by atoms with van der Waals surface area (Å²) in [5.41, 5.74) is 0.542. The average Bonchev–Trinajstić information content (AvgIpc) is 2.58. The molecule has 0 unspecified atom stereocenters. The zero-order valence-corrected chi connectivity index (χ0v) is 16.2. The van der Waals surface area contributed by atoms with E-state index in [2.05, 4.69) is 22.1 Å². The van der Waals surface area contributed by atoms with Crippen LogP contribution in [0, 0.1) is 6.92 Å². The lowest BCUT2D eigenvalue weighted by atomic mass is 9.90. The van der Waals surface area contributed by atoms with Crippen molar-refractivity contribution in [3.8, 4) is 5.69 Å². The molecule has 1 N–H and O–H groups in total. The number of piperidine rings is 1. The molecule has 1 aliphatic heterocycles. The number of nitrogens with zero attached hydrogens (tertiary/aromatic N) is 3. The minimum Gasteiger partial charge on any atom is -0.356 e. The molecule has 0 aliphatic carbocycles. The maximum Gasteiger partial charge on any atom is 0.260 e. The minimum absolute atomic E-state index is 0.148. The first kappa shape index (κ1) is 18.2. The van der Waals surface area contributed by atoms with E-state index in [-0.39, 0.29) is 11.1 Å². The number of aryl methyl sites for hydroxylation is 1. The number of hydrogen-bond donors (Lipinski definition) is 1. The third-order valence-corrected chi connectivity index (χ3v) is 5.85. The quantitative estimate of drug-likeness (QED) is 0.885. The van der Waals surface area contributed by atoms with Gasteiger partial charge < -0.3 is 10.2 Å². The Labute approximate surface area is 157 Å². The van der Waals surface area contributed by atoms with Gasteiger partial charge in [-0.05, 0) is 45.9 Å². The van der Waals surface area contributed by atoms with Crippen LogP contribution >= 0.6 is 23.2 Å². The van der Waals surface area contributed by atoms with Crippen molar-refractivity contribution in [2.75, 3.05) is 25.0 Å². The Morgan fingerprint density at radius 1 is 1.24 bits per heavy atom. The second-order valence-electron chi connectivity index (χ2n) is 6.71. The number of hydrogen-bond acceptors (Lipinski definition) is 4. The molecular formula is C18H22Cl2N4O. The molecule has 0 radical (unpaired) electrons. The van der Waals surface area contributed by atoms with Crippen LogP contribution in [0.2, 0.25) is 10.0 Å². The van der Waals surface area contributed by atoms with Gasteiger partial charge >= 0.3 is 0 Å². The summed E-state index contributed by atoms with van der Waals surface area (Å²) >= 11 is 12.4. The maximum atomic E-state index is 12.7. The van der Waals surface area contributed by atoms with Gasteiger partial charge in [0.15, 0.2) is 0 Å². The third-order valence-electron chi connectivity index (χ3n) is 5.04. The number of nitrogens with one attached hydrogen (secondary N) is 1. The van der Waals surface area contributed by atoms with Gasteiger partial charge in [-0.25, -0.2) is 4.98 Å². The largest absolute Gasteiger partial charge is 0.356 e. The van der Waals surface area contributed by atoms with Gasteiger partial charge in [0.2, 0.25) is 0 Å². The van der Waals surface area contributed by atoms with E-state index in [1.165, 1.54) is 4.57 Å². The average molecular weight is 381 g/mol. The van der Waals surface area contributed by atoms with Crippen LogP contribution in [0.3, 0.4) is 0 Å². The van der Waals surface area contributed by atoms with Gasteiger partial charge in [-0.2, -0.15) is 0 Å². The van der Waals surface area contributed by atoms with E-state index in [0.717, 1.165) is 31.7 Å². The maximum absolute atomic E-state index is 12.7. The highest BCUT2D eigenvalue weighted by molar-refractivity contribution is 6.43. The molecule has 1 aromatic heterocycles. The van der Waals surface area contributed by atoms with E-state index in [1.54, 1.807) is 24.3 Å². The monoisotopic (exact) mass is 380 g/mol. The van der Waals surface area contributed by atoms with Crippen LogP contribution in [0.4, 0.5) is 5.82 Å². The van der Waals surface area contributed by atoms with E-state index in [4.69, 9.17) is 23.2 Å². The molecule has 25 heavy (non-hydrogen) atoms. The molecule has 2 heterocycles. The summed E-state index contributed by atoms with van der Waals surface area (Å²) < 4.78 is 1.50. The number of rotatable bonds is 3. The van der Waals surface area contributed by atoms with Gasteiger partial charge in [-0.15, -0.1) is 0 Å². The van der Waals surface area contributed by atoms with Crippen molar-refractivity contribution >= 4 is 29.0 Å². The van der Waals surface area contributed by atoms with Gasteiger partial charge in [0.05, 0.1) is 15.7 Å². The van der Waals surface area contributed by atoms with Crippen molar-refractivity contribution < 1.29 is 0 Å². The molecule has 0 amide bonds. The molecule has 0 atom stereocenters. The van der Waals surface area contributed by atoms with Gasteiger partial charge in [0.25, 0.3) is 5.56 Å². The molecule has 3 rings (SSSR count). The Kier molecular flexibility index (Phi) is 5.09.